The standard InChI is InChI=1S/C5H14O4Si/c1-4-5(2,3)9-10(6,7)8/h6-8H,4H2,1-3H3. The molecular weight excluding hydrogens is 152 g/mol. The Morgan fingerprint density at radius 2 is 1.70 bits per heavy atom. The summed E-state index contributed by atoms with van der Waals surface area (Å²) in [5, 5.41) is 0. The normalized spacial score (nSPS) is 13.8. The van der Waals surface area contributed by atoms with Crippen molar-refractivity contribution in [2.24, 2.45) is 0 Å². The summed E-state index contributed by atoms with van der Waals surface area (Å²) in [4.78, 5) is 25.5. The first-order valence-corrected chi connectivity index (χ1v) is 4.89. The largest absolute Gasteiger partial charge is 0.671 e. The molecule has 5 heteroatoms. The van der Waals surface area contributed by atoms with Crippen molar-refractivity contribution in [3.05, 3.63) is 0 Å². The summed E-state index contributed by atoms with van der Waals surface area (Å²) in [6.07, 6.45) is 0.615. The molecule has 62 valence electrons. The summed E-state index contributed by atoms with van der Waals surface area (Å²) < 4.78 is 4.58. The lowest BCUT2D eigenvalue weighted by Crippen LogP contribution is -2.46. The summed E-state index contributed by atoms with van der Waals surface area (Å²) in [6.45, 7) is 5.19. The highest BCUT2D eigenvalue weighted by Gasteiger charge is 2.37. The fourth-order valence-electron chi connectivity index (χ4n) is 0.443. The van der Waals surface area contributed by atoms with Crippen LogP contribution in [0.3, 0.4) is 0 Å². The Bertz CT molecular complexity index is 107. The average Bonchev–Trinajstić information content (AvgIpc) is 1.60. The second-order valence-corrected chi connectivity index (χ2v) is 4.14. The topological polar surface area (TPSA) is 69.9 Å². The lowest BCUT2D eigenvalue weighted by molar-refractivity contribution is -0.0240. The van der Waals surface area contributed by atoms with Crippen molar-refractivity contribution < 1.29 is 18.8 Å². The van der Waals surface area contributed by atoms with Crippen molar-refractivity contribution in [3.63, 3.8) is 0 Å². The highest BCUT2D eigenvalue weighted by atomic mass is 28.4. The van der Waals surface area contributed by atoms with Gasteiger partial charge in [-0.2, -0.15) is 0 Å². The van der Waals surface area contributed by atoms with E-state index in [1.807, 2.05) is 6.92 Å². The van der Waals surface area contributed by atoms with Crippen LogP contribution in [0.15, 0.2) is 0 Å². The van der Waals surface area contributed by atoms with Gasteiger partial charge in [-0.25, -0.2) is 0 Å². The zero-order valence-corrected chi connectivity index (χ0v) is 7.46. The van der Waals surface area contributed by atoms with Crippen LogP contribution in [0.5, 0.6) is 0 Å². The summed E-state index contributed by atoms with van der Waals surface area (Å²) in [5.41, 5.74) is -0.662. The van der Waals surface area contributed by atoms with Gasteiger partial charge < -0.3 is 18.8 Å². The molecule has 0 unspecified atom stereocenters. The molecule has 0 bridgehead atoms. The van der Waals surface area contributed by atoms with Crippen LogP contribution in [0, 0.1) is 0 Å². The van der Waals surface area contributed by atoms with E-state index >= 15 is 0 Å². The van der Waals surface area contributed by atoms with Gasteiger partial charge in [0.05, 0.1) is 5.60 Å². The minimum absolute atomic E-state index is 0.615. The first-order valence-electron chi connectivity index (χ1n) is 3.14. The Morgan fingerprint density at radius 1 is 1.30 bits per heavy atom. The van der Waals surface area contributed by atoms with E-state index in [0.717, 1.165) is 0 Å². The van der Waals surface area contributed by atoms with E-state index in [0.29, 0.717) is 6.42 Å². The average molecular weight is 166 g/mol. The quantitative estimate of drug-likeness (QED) is 0.499. The van der Waals surface area contributed by atoms with Crippen molar-refractivity contribution in [3.8, 4) is 0 Å². The Kier molecular flexibility index (Phi) is 2.99. The molecule has 0 aliphatic heterocycles. The zero-order chi connectivity index (χ0) is 8.41. The van der Waals surface area contributed by atoms with Crippen molar-refractivity contribution in [2.75, 3.05) is 0 Å². The number of hydrogen-bond donors (Lipinski definition) is 3. The number of rotatable bonds is 3. The molecule has 0 saturated heterocycles. The third-order valence-electron chi connectivity index (χ3n) is 1.26. The van der Waals surface area contributed by atoms with Crippen LogP contribution in [-0.4, -0.2) is 29.0 Å². The molecule has 0 amide bonds. The molecule has 0 saturated carbocycles. The van der Waals surface area contributed by atoms with Crippen LogP contribution in [0.25, 0.3) is 0 Å². The minimum Gasteiger partial charge on any atom is -0.368 e. The van der Waals surface area contributed by atoms with Gasteiger partial charge in [-0.15, -0.1) is 0 Å². The Balaban J connectivity index is 3.89. The van der Waals surface area contributed by atoms with Gasteiger partial charge in [-0.05, 0) is 20.3 Å². The van der Waals surface area contributed by atoms with Crippen LogP contribution in [0.4, 0.5) is 0 Å². The lowest BCUT2D eigenvalue weighted by atomic mass is 10.1. The predicted molar refractivity (Wildman–Crippen MR) is 37.9 cm³/mol. The minimum atomic E-state index is -4.31. The molecule has 3 N–H and O–H groups in total. The highest BCUT2D eigenvalue weighted by Crippen LogP contribution is 2.15. The molecule has 0 aliphatic rings. The maximum absolute atomic E-state index is 8.51. The van der Waals surface area contributed by atoms with Crippen LogP contribution in [-0.2, 0) is 4.43 Å². The zero-order valence-electron chi connectivity index (χ0n) is 6.46. The van der Waals surface area contributed by atoms with Gasteiger partial charge in [-0.1, -0.05) is 6.92 Å². The number of hydrogen-bond acceptors (Lipinski definition) is 4. The van der Waals surface area contributed by atoms with Crippen molar-refractivity contribution in [2.45, 2.75) is 32.8 Å². The molecule has 0 aromatic heterocycles. The van der Waals surface area contributed by atoms with Crippen LogP contribution in [0.2, 0.25) is 0 Å². The molecule has 10 heavy (non-hydrogen) atoms. The summed E-state index contributed by atoms with van der Waals surface area (Å²) in [7, 11) is -4.31. The van der Waals surface area contributed by atoms with E-state index in [1.165, 1.54) is 0 Å². The fourth-order valence-corrected chi connectivity index (χ4v) is 1.33. The molecule has 0 radical (unpaired) electrons. The third-order valence-corrected chi connectivity index (χ3v) is 2.09. The van der Waals surface area contributed by atoms with Gasteiger partial charge in [0.1, 0.15) is 0 Å². The molecule has 0 fully saturated rings. The monoisotopic (exact) mass is 166 g/mol. The molecule has 0 rings (SSSR count). The van der Waals surface area contributed by atoms with Gasteiger partial charge in [0.15, 0.2) is 0 Å². The maximum atomic E-state index is 8.51. The van der Waals surface area contributed by atoms with Crippen molar-refractivity contribution >= 4 is 9.05 Å². The first-order chi connectivity index (χ1) is 4.27. The Hall–Kier alpha value is 0.0569. The van der Waals surface area contributed by atoms with Gasteiger partial charge in [0.2, 0.25) is 0 Å². The third kappa shape index (κ3) is 4.89. The second kappa shape index (κ2) is 2.98. The van der Waals surface area contributed by atoms with Crippen LogP contribution >= 0.6 is 0 Å². The smallest absolute Gasteiger partial charge is 0.368 e. The molecule has 0 aromatic rings. The lowest BCUT2D eigenvalue weighted by Gasteiger charge is -2.26. The molecule has 0 spiro atoms. The molecular formula is C5H14O4Si. The van der Waals surface area contributed by atoms with Gasteiger partial charge in [0.25, 0.3) is 0 Å². The molecule has 0 aromatic carbocycles. The van der Waals surface area contributed by atoms with Crippen molar-refractivity contribution in [1.82, 2.24) is 0 Å². The van der Waals surface area contributed by atoms with E-state index in [4.69, 9.17) is 14.4 Å². The molecule has 4 nitrogen and oxygen atoms in total. The van der Waals surface area contributed by atoms with E-state index in [-0.39, 0.29) is 0 Å². The van der Waals surface area contributed by atoms with E-state index in [1.54, 1.807) is 13.8 Å². The summed E-state index contributed by atoms with van der Waals surface area (Å²) in [5.74, 6) is 0. The SMILES string of the molecule is CCC(C)(C)O[Si](O)(O)O. The molecule has 0 aliphatic carbocycles. The first kappa shape index (κ1) is 10.1. The molecule has 0 atom stereocenters. The second-order valence-electron chi connectivity index (χ2n) is 2.79. The molecule has 0 heterocycles. The maximum Gasteiger partial charge on any atom is 0.671 e. The van der Waals surface area contributed by atoms with Gasteiger partial charge >= 0.3 is 9.05 Å². The van der Waals surface area contributed by atoms with Gasteiger partial charge in [0, 0.05) is 0 Å². The van der Waals surface area contributed by atoms with Gasteiger partial charge in [-0.3, -0.25) is 0 Å². The highest BCUT2D eigenvalue weighted by molar-refractivity contribution is 6.48. The predicted octanol–water partition coefficient (Wildman–Crippen LogP) is -0.396. The van der Waals surface area contributed by atoms with E-state index in [2.05, 4.69) is 4.43 Å². The Labute approximate surface area is 61.6 Å². The Morgan fingerprint density at radius 3 is 1.80 bits per heavy atom. The van der Waals surface area contributed by atoms with E-state index < -0.39 is 14.6 Å². The van der Waals surface area contributed by atoms with Crippen LogP contribution < -0.4 is 0 Å². The summed E-state index contributed by atoms with van der Waals surface area (Å²) >= 11 is 0. The van der Waals surface area contributed by atoms with Crippen molar-refractivity contribution in [1.29, 1.82) is 0 Å². The van der Waals surface area contributed by atoms with E-state index in [9.17, 15) is 0 Å². The van der Waals surface area contributed by atoms with Crippen LogP contribution in [0.1, 0.15) is 27.2 Å². The summed E-state index contributed by atoms with van der Waals surface area (Å²) in [6, 6.07) is 0. The fraction of sp³-hybridized carbons (Fsp3) is 1.00.